The molecule has 392 valence electrons. The first-order chi connectivity index (χ1) is 32.9. The zero-order valence-electron chi connectivity index (χ0n) is 44.0. The van der Waals surface area contributed by atoms with Gasteiger partial charge in [0.05, 0.1) is 6.04 Å². The minimum atomic E-state index is -0.471. The predicted octanol–water partition coefficient (Wildman–Crippen LogP) is 17.0. The molecular weight excluding hydrogens is 1140 g/mol. The molecular formula is C56H84Br4N4O6. The summed E-state index contributed by atoms with van der Waals surface area (Å²) < 4.78 is 15.2. The second-order valence-electron chi connectivity index (χ2n) is 18.2. The first-order valence-corrected chi connectivity index (χ1v) is 27.4. The maximum absolute atomic E-state index is 12.4. The van der Waals surface area contributed by atoms with Crippen molar-refractivity contribution in [1.82, 2.24) is 9.80 Å². The first kappa shape index (κ1) is 68.7. The minimum absolute atomic E-state index is 0.000463. The molecule has 0 spiro atoms. The third kappa shape index (κ3) is 36.5. The molecule has 4 N–H and O–H groups in total. The highest BCUT2D eigenvalue weighted by atomic mass is 79.9. The molecule has 4 aromatic rings. The lowest BCUT2D eigenvalue weighted by atomic mass is 10.1. The Morgan fingerprint density at radius 2 is 0.986 bits per heavy atom. The lowest BCUT2D eigenvalue weighted by Gasteiger charge is -2.32. The number of carbonyl (C=O) groups is 4. The molecule has 14 heteroatoms. The normalized spacial score (nSPS) is 11.2. The van der Waals surface area contributed by atoms with Crippen molar-refractivity contribution in [1.29, 1.82) is 0 Å². The lowest BCUT2D eigenvalue weighted by Crippen LogP contribution is -2.39. The number of amides is 2. The number of aldehydes is 2. The third-order valence-electron chi connectivity index (χ3n) is 9.29. The van der Waals surface area contributed by atoms with Crippen molar-refractivity contribution < 1.29 is 28.7 Å². The summed E-state index contributed by atoms with van der Waals surface area (Å²) in [5.41, 5.74) is 14.0. The summed E-state index contributed by atoms with van der Waals surface area (Å²) in [6.07, 6.45) is 9.40. The van der Waals surface area contributed by atoms with Crippen LogP contribution in [-0.4, -0.2) is 65.4 Å². The Hall–Kier alpha value is -3.40. The van der Waals surface area contributed by atoms with Crippen LogP contribution in [0.5, 0.6) is 0 Å². The van der Waals surface area contributed by atoms with E-state index in [-0.39, 0.29) is 24.3 Å². The fourth-order valence-electron chi connectivity index (χ4n) is 5.36. The van der Waals surface area contributed by atoms with Crippen molar-refractivity contribution >= 4 is 88.5 Å². The number of halogens is 4. The summed E-state index contributed by atoms with van der Waals surface area (Å²) in [7, 11) is 0. The van der Waals surface area contributed by atoms with Gasteiger partial charge in [-0.25, -0.2) is 9.59 Å². The smallest absolute Gasteiger partial charge is 0.410 e. The standard InChI is InChI=1S/C17H26BrNO2.C16H24BrNO2.C8H10BrN.C7H5BrO.C4H11N.C4H8O/c1-6-7-12-19(16(20)21-17(3,4)5)13(2)14-8-10-15(18)11-9-14;1-5-6-11-18(15(19)20-16(2,3)4)12-13-7-9-14(17)10-8-13;1-6(10)7-2-4-8(9)5-3-7;8-7-3-1-6(5-9)2-4-7;2*1-2-3-4-5/h8-11,13H,6-7,12H2,1-5H3;7-10H,5-6,11-12H2,1-4H3;2-6H,10H2,1H3;1-5H;2-5H2,1H3;4H,2-3H2,1H3/t13-;;6-;;;/m0.0.../s1. The van der Waals surface area contributed by atoms with Crippen LogP contribution in [0, 0.1) is 0 Å². The largest absolute Gasteiger partial charge is 0.444 e. The van der Waals surface area contributed by atoms with Gasteiger partial charge < -0.3 is 35.5 Å². The zero-order valence-corrected chi connectivity index (χ0v) is 50.4. The molecule has 0 unspecified atom stereocenters. The molecule has 70 heavy (non-hydrogen) atoms. The van der Waals surface area contributed by atoms with Crippen LogP contribution in [0.2, 0.25) is 0 Å². The molecule has 0 aliphatic rings. The van der Waals surface area contributed by atoms with Crippen LogP contribution in [0.4, 0.5) is 9.59 Å². The Balaban J connectivity index is 0. The molecule has 0 saturated heterocycles. The number of ether oxygens (including phenoxy) is 2. The second kappa shape index (κ2) is 40.1. The average Bonchev–Trinajstić information content (AvgIpc) is 3.29. The molecule has 2 atom stereocenters. The van der Waals surface area contributed by atoms with Crippen molar-refractivity contribution in [3.8, 4) is 0 Å². The highest BCUT2D eigenvalue weighted by molar-refractivity contribution is 9.11. The van der Waals surface area contributed by atoms with E-state index in [0.29, 0.717) is 25.1 Å². The van der Waals surface area contributed by atoms with Crippen LogP contribution >= 0.6 is 63.7 Å². The van der Waals surface area contributed by atoms with Gasteiger partial charge in [-0.3, -0.25) is 4.79 Å². The Morgan fingerprint density at radius 3 is 1.33 bits per heavy atom. The highest BCUT2D eigenvalue weighted by Gasteiger charge is 2.26. The van der Waals surface area contributed by atoms with Crippen LogP contribution in [0.15, 0.2) is 115 Å². The van der Waals surface area contributed by atoms with Crippen molar-refractivity contribution in [2.45, 2.75) is 164 Å². The van der Waals surface area contributed by atoms with Gasteiger partial charge in [-0.2, -0.15) is 0 Å². The first-order valence-electron chi connectivity index (χ1n) is 24.2. The molecule has 0 fully saturated rings. The summed E-state index contributed by atoms with van der Waals surface area (Å²) in [4.78, 5) is 47.8. The molecule has 4 rings (SSSR count). The lowest BCUT2D eigenvalue weighted by molar-refractivity contribution is -0.107. The van der Waals surface area contributed by atoms with Gasteiger partial charge in [0.1, 0.15) is 23.8 Å². The molecule has 0 saturated carbocycles. The van der Waals surface area contributed by atoms with Gasteiger partial charge in [0.2, 0.25) is 0 Å². The molecule has 2 amide bonds. The summed E-state index contributed by atoms with van der Waals surface area (Å²) in [6, 6.07) is 31.5. The maximum Gasteiger partial charge on any atom is 0.410 e. The zero-order chi connectivity index (χ0) is 53.7. The number of nitrogens with zero attached hydrogens (tertiary/aromatic N) is 2. The Labute approximate surface area is 456 Å². The fraction of sp³-hybridized carbons (Fsp3) is 0.500. The van der Waals surface area contributed by atoms with Gasteiger partial charge >= 0.3 is 12.2 Å². The molecule has 0 aliphatic carbocycles. The Morgan fingerprint density at radius 1 is 0.586 bits per heavy atom. The number of hydrogen-bond acceptors (Lipinski definition) is 8. The van der Waals surface area contributed by atoms with E-state index in [1.165, 1.54) is 18.4 Å². The Bertz CT molecular complexity index is 1950. The van der Waals surface area contributed by atoms with Gasteiger partial charge in [0.15, 0.2) is 0 Å². The van der Waals surface area contributed by atoms with Gasteiger partial charge in [-0.1, -0.05) is 159 Å². The molecule has 0 aliphatic heterocycles. The van der Waals surface area contributed by atoms with E-state index in [2.05, 4.69) is 84.5 Å². The van der Waals surface area contributed by atoms with Crippen molar-refractivity contribution in [3.63, 3.8) is 0 Å². The monoisotopic (exact) mass is 1220 g/mol. The van der Waals surface area contributed by atoms with Crippen LogP contribution in [0.25, 0.3) is 0 Å². The SMILES string of the molecule is CCCC=O.CCCCN.CCCCN(C(=O)OC(C)(C)C)[C@@H](C)c1ccc(Br)cc1.CCCCN(Cc1ccc(Br)cc1)C(=O)OC(C)(C)C.C[C@H](N)c1ccc(Br)cc1.O=Cc1ccc(Br)cc1. The molecule has 4 aromatic carbocycles. The predicted molar refractivity (Wildman–Crippen MR) is 307 cm³/mol. The number of carbonyl (C=O) groups excluding carboxylic acids is 4. The summed E-state index contributed by atoms with van der Waals surface area (Å²) in [5, 5.41) is 0. The van der Waals surface area contributed by atoms with Gasteiger partial charge in [-0.15, -0.1) is 0 Å². The third-order valence-corrected chi connectivity index (χ3v) is 11.4. The molecule has 0 heterocycles. The highest BCUT2D eigenvalue weighted by Crippen LogP contribution is 2.25. The van der Waals surface area contributed by atoms with Gasteiger partial charge in [-0.05, 0) is 153 Å². The van der Waals surface area contributed by atoms with Crippen molar-refractivity contribution in [2.75, 3.05) is 19.6 Å². The van der Waals surface area contributed by atoms with Crippen molar-refractivity contribution in [2.24, 2.45) is 11.5 Å². The van der Waals surface area contributed by atoms with E-state index in [4.69, 9.17) is 20.9 Å². The average molecular weight is 1230 g/mol. The van der Waals surface area contributed by atoms with E-state index in [1.54, 1.807) is 17.0 Å². The van der Waals surface area contributed by atoms with E-state index >= 15 is 0 Å². The number of rotatable bonds is 16. The minimum Gasteiger partial charge on any atom is -0.444 e. The van der Waals surface area contributed by atoms with E-state index in [0.717, 1.165) is 86.8 Å². The quantitative estimate of drug-likeness (QED) is 0.106. The Kier molecular flexibility index (Phi) is 39.4. The van der Waals surface area contributed by atoms with Gasteiger partial charge in [0, 0.05) is 55.6 Å². The molecule has 0 bridgehead atoms. The molecule has 0 radical (unpaired) electrons. The number of unbranched alkanes of at least 4 members (excludes halogenated alkanes) is 4. The summed E-state index contributed by atoms with van der Waals surface area (Å²) in [5.74, 6) is 0. The maximum atomic E-state index is 12.4. The van der Waals surface area contributed by atoms with Gasteiger partial charge in [0.25, 0.3) is 0 Å². The van der Waals surface area contributed by atoms with E-state index < -0.39 is 11.2 Å². The number of hydrogen-bond donors (Lipinski definition) is 2. The van der Waals surface area contributed by atoms with Crippen molar-refractivity contribution in [3.05, 3.63) is 137 Å². The summed E-state index contributed by atoms with van der Waals surface area (Å²) >= 11 is 13.5. The van der Waals surface area contributed by atoms with E-state index in [9.17, 15) is 19.2 Å². The number of benzene rings is 4. The second-order valence-corrected chi connectivity index (χ2v) is 21.9. The topological polar surface area (TPSA) is 145 Å². The van der Waals surface area contributed by atoms with Crippen LogP contribution in [0.3, 0.4) is 0 Å². The number of nitrogens with two attached hydrogens (primary N) is 2. The molecule has 10 nitrogen and oxygen atoms in total. The van der Waals surface area contributed by atoms with Crippen LogP contribution < -0.4 is 11.5 Å². The van der Waals surface area contributed by atoms with Crippen LogP contribution in [0.1, 0.15) is 174 Å². The summed E-state index contributed by atoms with van der Waals surface area (Å²) in [6.45, 7) is 26.6. The van der Waals surface area contributed by atoms with Crippen LogP contribution in [-0.2, 0) is 20.8 Å². The fourth-order valence-corrected chi connectivity index (χ4v) is 6.42. The molecule has 0 aromatic heterocycles. The van der Waals surface area contributed by atoms with E-state index in [1.807, 2.05) is 152 Å².